The number of aromatic nitrogens is 2. The summed E-state index contributed by atoms with van der Waals surface area (Å²) in [5.74, 6) is 0.314. The number of halogens is 1. The molecule has 1 saturated heterocycles. The zero-order valence-corrected chi connectivity index (χ0v) is 19.5. The highest BCUT2D eigenvalue weighted by Crippen LogP contribution is 2.31. The van der Waals surface area contributed by atoms with Crippen molar-refractivity contribution in [2.24, 2.45) is 0 Å². The third kappa shape index (κ3) is 4.54. The van der Waals surface area contributed by atoms with Crippen LogP contribution in [-0.2, 0) is 11.2 Å². The summed E-state index contributed by atoms with van der Waals surface area (Å²) in [7, 11) is 1.64. The summed E-state index contributed by atoms with van der Waals surface area (Å²) in [6.45, 7) is 0.939. The van der Waals surface area contributed by atoms with Gasteiger partial charge in [-0.25, -0.2) is 9.37 Å². The molecule has 178 valence electrons. The number of ether oxygens (including phenoxy) is 1. The number of likely N-dealkylation sites (tertiary alicyclic amines) is 1. The van der Waals surface area contributed by atoms with Gasteiger partial charge in [0.15, 0.2) is 0 Å². The van der Waals surface area contributed by atoms with E-state index in [1.165, 1.54) is 12.1 Å². The Balaban J connectivity index is 1.40. The maximum atomic E-state index is 14.0. The van der Waals surface area contributed by atoms with Gasteiger partial charge in [-0.2, -0.15) is 0 Å². The van der Waals surface area contributed by atoms with Gasteiger partial charge >= 0.3 is 0 Å². The van der Waals surface area contributed by atoms with Gasteiger partial charge in [0.2, 0.25) is 5.78 Å². The maximum absolute atomic E-state index is 14.0. The van der Waals surface area contributed by atoms with Gasteiger partial charge in [-0.3, -0.25) is 9.59 Å². The van der Waals surface area contributed by atoms with Crippen LogP contribution < -0.4 is 4.74 Å². The molecule has 0 atom stereocenters. The van der Waals surface area contributed by atoms with Crippen LogP contribution in [-0.4, -0.2) is 46.3 Å². The SMILES string of the molecule is COc1ccccc1Cc1nc2cc(F)ccc2n1C1CCN(C(=O)C(=O)c2ccccc2)CC1. The van der Waals surface area contributed by atoms with Crippen molar-refractivity contribution in [1.82, 2.24) is 14.5 Å². The van der Waals surface area contributed by atoms with E-state index < -0.39 is 11.7 Å². The van der Waals surface area contributed by atoms with Gasteiger partial charge in [0.1, 0.15) is 17.4 Å². The van der Waals surface area contributed by atoms with Crippen molar-refractivity contribution in [1.29, 1.82) is 0 Å². The van der Waals surface area contributed by atoms with Gasteiger partial charge in [0.25, 0.3) is 5.91 Å². The number of hydrogen-bond acceptors (Lipinski definition) is 4. The second-order valence-corrected chi connectivity index (χ2v) is 8.74. The number of fused-ring (bicyclic) bond motifs is 1. The Bertz CT molecular complexity index is 1370. The highest BCUT2D eigenvalue weighted by molar-refractivity contribution is 6.42. The number of nitrogens with zero attached hydrogens (tertiary/aromatic N) is 3. The topological polar surface area (TPSA) is 64.4 Å². The van der Waals surface area contributed by atoms with Crippen LogP contribution in [0.2, 0.25) is 0 Å². The van der Waals surface area contributed by atoms with E-state index in [-0.39, 0.29) is 11.9 Å². The first-order chi connectivity index (χ1) is 17.0. The number of methoxy groups -OCH3 is 1. The lowest BCUT2D eigenvalue weighted by Crippen LogP contribution is -2.42. The molecule has 0 N–H and O–H groups in total. The van der Waals surface area contributed by atoms with E-state index in [2.05, 4.69) is 4.57 Å². The first-order valence-electron chi connectivity index (χ1n) is 11.7. The van der Waals surface area contributed by atoms with Gasteiger partial charge in [-0.1, -0.05) is 48.5 Å². The third-order valence-corrected chi connectivity index (χ3v) is 6.61. The van der Waals surface area contributed by atoms with Crippen molar-refractivity contribution in [2.45, 2.75) is 25.3 Å². The molecule has 1 fully saturated rings. The molecule has 1 amide bonds. The second-order valence-electron chi connectivity index (χ2n) is 8.74. The van der Waals surface area contributed by atoms with E-state index in [1.54, 1.807) is 42.3 Å². The number of carbonyl (C=O) groups excluding carboxylic acids is 2. The number of ketones is 1. The molecule has 0 aliphatic carbocycles. The molecule has 0 spiro atoms. The number of amides is 1. The smallest absolute Gasteiger partial charge is 0.294 e. The van der Waals surface area contributed by atoms with E-state index in [9.17, 15) is 14.0 Å². The van der Waals surface area contributed by atoms with Gasteiger partial charge in [0.05, 0.1) is 18.1 Å². The lowest BCUT2D eigenvalue weighted by Gasteiger charge is -2.33. The summed E-state index contributed by atoms with van der Waals surface area (Å²) in [5.41, 5.74) is 2.86. The minimum atomic E-state index is -0.482. The van der Waals surface area contributed by atoms with Crippen LogP contribution in [0.25, 0.3) is 11.0 Å². The molecule has 1 aliphatic heterocycles. The van der Waals surface area contributed by atoms with Crippen LogP contribution in [0.5, 0.6) is 5.75 Å². The van der Waals surface area contributed by atoms with E-state index in [1.807, 2.05) is 30.3 Å². The molecule has 7 heteroatoms. The van der Waals surface area contributed by atoms with Gasteiger partial charge in [-0.15, -0.1) is 0 Å². The Hall–Kier alpha value is -4.00. The quantitative estimate of drug-likeness (QED) is 0.299. The van der Waals surface area contributed by atoms with E-state index in [0.29, 0.717) is 43.4 Å². The van der Waals surface area contributed by atoms with Gasteiger partial charge in [-0.05, 0) is 31.0 Å². The molecule has 6 nitrogen and oxygen atoms in total. The fourth-order valence-electron chi connectivity index (χ4n) is 4.86. The van der Waals surface area contributed by atoms with Crippen molar-refractivity contribution in [2.75, 3.05) is 20.2 Å². The Kier molecular flexibility index (Phi) is 6.31. The molecule has 3 aromatic carbocycles. The normalized spacial score (nSPS) is 14.3. The van der Waals surface area contributed by atoms with Crippen LogP contribution in [0.4, 0.5) is 4.39 Å². The number of benzene rings is 3. The predicted molar refractivity (Wildman–Crippen MR) is 131 cm³/mol. The molecule has 4 aromatic rings. The number of imidazole rings is 1. The van der Waals surface area contributed by atoms with Crippen LogP contribution in [0.3, 0.4) is 0 Å². The van der Waals surface area contributed by atoms with E-state index in [4.69, 9.17) is 9.72 Å². The molecule has 2 heterocycles. The molecular weight excluding hydrogens is 445 g/mol. The fraction of sp³-hybridized carbons (Fsp3) is 0.250. The number of hydrogen-bond donors (Lipinski definition) is 0. The molecular formula is C28H26FN3O3. The average molecular weight is 472 g/mol. The fourth-order valence-corrected chi connectivity index (χ4v) is 4.86. The number of carbonyl (C=O) groups is 2. The molecule has 0 saturated carbocycles. The summed E-state index contributed by atoms with van der Waals surface area (Å²) >= 11 is 0. The molecule has 1 aliphatic rings. The first kappa shape index (κ1) is 22.8. The van der Waals surface area contributed by atoms with Gasteiger partial charge < -0.3 is 14.2 Å². The molecule has 1 aromatic heterocycles. The van der Waals surface area contributed by atoms with Crippen molar-refractivity contribution in [3.63, 3.8) is 0 Å². The largest absolute Gasteiger partial charge is 0.496 e. The summed E-state index contributed by atoms with van der Waals surface area (Å²) in [5, 5.41) is 0. The summed E-state index contributed by atoms with van der Waals surface area (Å²) in [6.07, 6.45) is 1.89. The standard InChI is InChI=1S/C28H26FN3O3/c1-35-25-10-6-5-9-20(25)17-26-30-23-18-21(29)11-12-24(23)32(26)22-13-15-31(16-14-22)28(34)27(33)19-7-3-2-4-8-19/h2-12,18,22H,13-17H2,1H3. The highest BCUT2D eigenvalue weighted by Gasteiger charge is 2.30. The summed E-state index contributed by atoms with van der Waals surface area (Å²) < 4.78 is 21.7. The van der Waals surface area contributed by atoms with E-state index >= 15 is 0 Å². The molecule has 0 unspecified atom stereocenters. The molecule has 0 radical (unpaired) electrons. The summed E-state index contributed by atoms with van der Waals surface area (Å²) in [6, 6.07) is 21.2. The number of para-hydroxylation sites is 1. The predicted octanol–water partition coefficient (Wildman–Crippen LogP) is 4.82. The Morgan fingerprint density at radius 2 is 1.71 bits per heavy atom. The van der Waals surface area contributed by atoms with Crippen LogP contribution >= 0.6 is 0 Å². The maximum Gasteiger partial charge on any atom is 0.294 e. The van der Waals surface area contributed by atoms with Crippen LogP contribution in [0, 0.1) is 5.82 Å². The lowest BCUT2D eigenvalue weighted by atomic mass is 10.0. The zero-order chi connectivity index (χ0) is 24.4. The average Bonchev–Trinajstić information content (AvgIpc) is 3.25. The van der Waals surface area contributed by atoms with Crippen molar-refractivity contribution in [3.8, 4) is 5.75 Å². The van der Waals surface area contributed by atoms with Crippen molar-refractivity contribution >= 4 is 22.7 Å². The number of rotatable bonds is 6. The minimum absolute atomic E-state index is 0.0750. The van der Waals surface area contributed by atoms with Crippen LogP contribution in [0.15, 0.2) is 72.8 Å². The van der Waals surface area contributed by atoms with Gasteiger partial charge in [0, 0.05) is 42.7 Å². The number of Topliss-reactive ketones (excluding diaryl/α,β-unsaturated/α-hetero) is 1. The zero-order valence-electron chi connectivity index (χ0n) is 19.5. The molecule has 35 heavy (non-hydrogen) atoms. The Morgan fingerprint density at radius 1 is 1.00 bits per heavy atom. The third-order valence-electron chi connectivity index (χ3n) is 6.61. The monoisotopic (exact) mass is 471 g/mol. The van der Waals surface area contributed by atoms with Crippen molar-refractivity contribution < 1.29 is 18.7 Å². The molecule has 5 rings (SSSR count). The first-order valence-corrected chi connectivity index (χ1v) is 11.7. The van der Waals surface area contributed by atoms with E-state index in [0.717, 1.165) is 22.7 Å². The van der Waals surface area contributed by atoms with Crippen LogP contribution in [0.1, 0.15) is 40.6 Å². The lowest BCUT2D eigenvalue weighted by molar-refractivity contribution is -0.127. The van der Waals surface area contributed by atoms with Crippen molar-refractivity contribution in [3.05, 3.63) is 95.6 Å². The minimum Gasteiger partial charge on any atom is -0.496 e. The Morgan fingerprint density at radius 3 is 2.46 bits per heavy atom. The Labute approximate surface area is 203 Å². The number of piperidine rings is 1. The highest BCUT2D eigenvalue weighted by atomic mass is 19.1. The second kappa shape index (κ2) is 9.70. The summed E-state index contributed by atoms with van der Waals surface area (Å²) in [4.78, 5) is 31.9. The molecule has 0 bridgehead atoms.